The zero-order chi connectivity index (χ0) is 28.8. The lowest BCUT2D eigenvalue weighted by atomic mass is 9.98. The first-order valence-corrected chi connectivity index (χ1v) is 14.3. The van der Waals surface area contributed by atoms with Crippen LogP contribution in [-0.2, 0) is 42.6 Å². The van der Waals surface area contributed by atoms with Gasteiger partial charge in [0, 0.05) is 37.9 Å². The summed E-state index contributed by atoms with van der Waals surface area (Å²) in [5, 5.41) is 25.3. The number of β-lactam (4-membered cyclic amide) rings is 1. The highest BCUT2D eigenvalue weighted by atomic mass is 32.2. The SMILES string of the molecule is NCC1CN(Cc2cnn(C[C@@H]3[C@H](NC(=O)C(=NOC4(C(=O)O)CC4)c4csc(N)n4)C(=O)N3S(=O)(=O)O)n2)C1. The number of likely N-dealkylation sites (tertiary alicyclic amines) is 1. The smallest absolute Gasteiger partial charge is 0.362 e. The van der Waals surface area contributed by atoms with Crippen molar-refractivity contribution >= 4 is 50.3 Å². The predicted octanol–water partition coefficient (Wildman–Crippen LogP) is -2.76. The number of aromatic nitrogens is 4. The lowest BCUT2D eigenvalue weighted by molar-refractivity contribution is -0.153. The third kappa shape index (κ3) is 5.47. The van der Waals surface area contributed by atoms with Crippen LogP contribution in [0.2, 0.25) is 0 Å². The molecule has 2 aromatic heterocycles. The summed E-state index contributed by atoms with van der Waals surface area (Å²) in [7, 11) is -4.97. The van der Waals surface area contributed by atoms with E-state index in [1.165, 1.54) is 11.6 Å². The van der Waals surface area contributed by atoms with Crippen molar-refractivity contribution in [2.24, 2.45) is 16.8 Å². The number of thiazole rings is 1. The first-order valence-electron chi connectivity index (χ1n) is 12.0. The number of carbonyl (C=O) groups excluding carboxylic acids is 2. The number of nitrogens with one attached hydrogen (secondary N) is 1. The summed E-state index contributed by atoms with van der Waals surface area (Å²) in [5.74, 6) is -2.96. The standard InChI is InChI=1S/C20H26N10O8S2/c21-3-10-5-28(6-10)7-11-4-23-29(26-11)8-13-15(17(32)30(13)40(35,36)37)25-16(31)14(12-9-39-19(22)24-12)27-38-20(1-2-20)18(33)34/h4,9-10,13,15H,1-3,5-8,21H2,(H2,22,24)(H,25,31)(H,33,34)(H,35,36,37)/t13-,15+/m1/s1. The number of anilines is 1. The summed E-state index contributed by atoms with van der Waals surface area (Å²) in [4.78, 5) is 49.7. The van der Waals surface area contributed by atoms with Gasteiger partial charge in [-0.1, -0.05) is 5.16 Å². The first-order chi connectivity index (χ1) is 18.9. The largest absolute Gasteiger partial charge is 0.478 e. The summed E-state index contributed by atoms with van der Waals surface area (Å²) in [6.07, 6.45) is 1.85. The Labute approximate surface area is 230 Å². The quantitative estimate of drug-likeness (QED) is 0.0718. The molecule has 0 bridgehead atoms. The maximum absolute atomic E-state index is 13.2. The number of nitrogens with zero attached hydrogens (tertiary/aromatic N) is 7. The molecule has 3 fully saturated rings. The number of nitrogens with two attached hydrogens (primary N) is 2. The van der Waals surface area contributed by atoms with E-state index in [4.69, 9.17) is 16.3 Å². The van der Waals surface area contributed by atoms with Gasteiger partial charge in [-0.25, -0.2) is 14.1 Å². The van der Waals surface area contributed by atoms with E-state index in [9.17, 15) is 32.5 Å². The maximum atomic E-state index is 13.2. The molecular weight excluding hydrogens is 572 g/mol. The Morgan fingerprint density at radius 2 is 2.05 bits per heavy atom. The van der Waals surface area contributed by atoms with Gasteiger partial charge in [-0.05, 0) is 12.5 Å². The summed E-state index contributed by atoms with van der Waals surface area (Å²) in [6, 6.07) is -2.71. The molecule has 2 atom stereocenters. The topological polar surface area (TPSA) is 262 Å². The molecule has 2 aromatic rings. The van der Waals surface area contributed by atoms with Gasteiger partial charge in [-0.3, -0.25) is 19.0 Å². The van der Waals surface area contributed by atoms with Gasteiger partial charge in [0.2, 0.25) is 5.60 Å². The molecule has 40 heavy (non-hydrogen) atoms. The molecule has 1 saturated carbocycles. The lowest BCUT2D eigenvalue weighted by Gasteiger charge is -2.43. The minimum Gasteiger partial charge on any atom is -0.478 e. The fourth-order valence-corrected chi connectivity index (χ4v) is 5.81. The number of hydrogen-bond acceptors (Lipinski definition) is 14. The molecule has 20 heteroatoms. The molecule has 0 radical (unpaired) electrons. The fraction of sp³-hybridized carbons (Fsp3) is 0.550. The number of aliphatic carboxylic acids is 1. The zero-order valence-electron chi connectivity index (χ0n) is 20.8. The molecule has 2 amide bonds. The Morgan fingerprint density at radius 1 is 1.32 bits per heavy atom. The molecule has 3 aliphatic rings. The van der Waals surface area contributed by atoms with Crippen molar-refractivity contribution in [2.75, 3.05) is 25.4 Å². The van der Waals surface area contributed by atoms with Crippen LogP contribution in [0.25, 0.3) is 0 Å². The van der Waals surface area contributed by atoms with E-state index >= 15 is 0 Å². The molecule has 0 unspecified atom stereocenters. The third-order valence-electron chi connectivity index (χ3n) is 6.78. The van der Waals surface area contributed by atoms with Crippen LogP contribution in [-0.4, -0.2) is 108 Å². The molecule has 7 N–H and O–H groups in total. The Kier molecular flexibility index (Phi) is 7.20. The van der Waals surface area contributed by atoms with Gasteiger partial charge in [0.1, 0.15) is 17.8 Å². The van der Waals surface area contributed by atoms with Crippen molar-refractivity contribution in [3.05, 3.63) is 23.0 Å². The van der Waals surface area contributed by atoms with Gasteiger partial charge in [-0.15, -0.1) is 11.3 Å². The van der Waals surface area contributed by atoms with E-state index in [-0.39, 0.29) is 34.5 Å². The number of carbonyl (C=O) groups is 3. The highest BCUT2D eigenvalue weighted by Crippen LogP contribution is 2.40. The first kappa shape index (κ1) is 27.8. The predicted molar refractivity (Wildman–Crippen MR) is 136 cm³/mol. The van der Waals surface area contributed by atoms with Crippen molar-refractivity contribution in [2.45, 2.75) is 43.6 Å². The molecule has 2 saturated heterocycles. The average molecular weight is 599 g/mol. The van der Waals surface area contributed by atoms with Crippen molar-refractivity contribution in [1.82, 2.24) is 34.5 Å². The second kappa shape index (κ2) is 10.4. The van der Waals surface area contributed by atoms with Crippen LogP contribution >= 0.6 is 11.3 Å². The molecular formula is C20H26N10O8S2. The van der Waals surface area contributed by atoms with Crippen LogP contribution in [0.5, 0.6) is 0 Å². The van der Waals surface area contributed by atoms with Crippen LogP contribution < -0.4 is 16.8 Å². The van der Waals surface area contributed by atoms with E-state index in [2.05, 4.69) is 30.6 Å². The highest BCUT2D eigenvalue weighted by Gasteiger charge is 2.56. The van der Waals surface area contributed by atoms with Crippen molar-refractivity contribution in [3.63, 3.8) is 0 Å². The van der Waals surface area contributed by atoms with Gasteiger partial charge in [-0.2, -0.15) is 23.4 Å². The van der Waals surface area contributed by atoms with Gasteiger partial charge in [0.05, 0.1) is 18.4 Å². The molecule has 18 nitrogen and oxygen atoms in total. The number of rotatable bonds is 12. The molecule has 0 aromatic carbocycles. The summed E-state index contributed by atoms with van der Waals surface area (Å²) >= 11 is 0.981. The molecule has 1 aliphatic carbocycles. The molecule has 2 aliphatic heterocycles. The second-order valence-corrected chi connectivity index (χ2v) is 11.9. The van der Waals surface area contributed by atoms with Crippen molar-refractivity contribution in [3.8, 4) is 0 Å². The van der Waals surface area contributed by atoms with Crippen LogP contribution in [0.1, 0.15) is 24.2 Å². The summed E-state index contributed by atoms with van der Waals surface area (Å²) in [6.45, 7) is 2.44. The Bertz CT molecular complexity index is 1460. The van der Waals surface area contributed by atoms with Gasteiger partial charge in [0.15, 0.2) is 10.8 Å². The molecule has 0 spiro atoms. The van der Waals surface area contributed by atoms with E-state index < -0.39 is 51.5 Å². The number of carboxylic acids is 1. The molecule has 4 heterocycles. The van der Waals surface area contributed by atoms with Gasteiger partial charge in [0.25, 0.3) is 11.8 Å². The number of oxime groups is 1. The third-order valence-corrected chi connectivity index (χ3v) is 8.40. The highest BCUT2D eigenvalue weighted by molar-refractivity contribution is 7.84. The summed E-state index contributed by atoms with van der Waals surface area (Å²) < 4.78 is 33.7. The monoisotopic (exact) mass is 598 g/mol. The lowest BCUT2D eigenvalue weighted by Crippen LogP contribution is -2.73. The second-order valence-electron chi connectivity index (χ2n) is 9.72. The van der Waals surface area contributed by atoms with Crippen LogP contribution in [0.15, 0.2) is 16.7 Å². The van der Waals surface area contributed by atoms with Crippen molar-refractivity contribution in [1.29, 1.82) is 0 Å². The normalized spacial score (nSPS) is 22.9. The van der Waals surface area contributed by atoms with Crippen molar-refractivity contribution < 1.29 is 37.3 Å². The number of amides is 2. The summed E-state index contributed by atoms with van der Waals surface area (Å²) in [5.41, 5.74) is 9.81. The minimum atomic E-state index is -4.97. The number of carboxylic acid groups (broad SMARTS) is 1. The van der Waals surface area contributed by atoms with E-state index in [1.54, 1.807) is 0 Å². The van der Waals surface area contributed by atoms with Crippen LogP contribution in [0.4, 0.5) is 5.13 Å². The van der Waals surface area contributed by atoms with E-state index in [0.717, 1.165) is 29.2 Å². The molecule has 5 rings (SSSR count). The number of nitrogen functional groups attached to an aromatic ring is 1. The Morgan fingerprint density at radius 3 is 2.62 bits per heavy atom. The van der Waals surface area contributed by atoms with Gasteiger partial charge >= 0.3 is 16.3 Å². The average Bonchev–Trinajstić information content (AvgIpc) is 3.33. The van der Waals surface area contributed by atoms with Gasteiger partial charge < -0.3 is 26.7 Å². The maximum Gasteiger partial charge on any atom is 0.362 e. The Balaban J connectivity index is 1.32. The van der Waals surface area contributed by atoms with E-state index in [1.807, 2.05) is 0 Å². The van der Waals surface area contributed by atoms with Crippen LogP contribution in [0.3, 0.4) is 0 Å². The molecule has 216 valence electrons. The number of hydrogen-bond donors (Lipinski definition) is 5. The fourth-order valence-electron chi connectivity index (χ4n) is 4.39. The Hall–Kier alpha value is -3.72. The van der Waals surface area contributed by atoms with Crippen LogP contribution in [0, 0.1) is 5.92 Å². The van der Waals surface area contributed by atoms with E-state index in [0.29, 0.717) is 24.7 Å². The minimum absolute atomic E-state index is 0.0441. The zero-order valence-corrected chi connectivity index (χ0v) is 22.4.